The molecule has 10 atom stereocenters. The third kappa shape index (κ3) is 2.65. The average molecular weight is 427 g/mol. The molecule has 31 heavy (non-hydrogen) atoms. The summed E-state index contributed by atoms with van der Waals surface area (Å²) in [5.41, 5.74) is 3.38. The Kier molecular flexibility index (Phi) is 4.82. The Bertz CT molecular complexity index is 766. The van der Waals surface area contributed by atoms with Gasteiger partial charge in [-0.3, -0.25) is 0 Å². The number of aliphatic hydroxyl groups excluding tert-OH is 1. The minimum Gasteiger partial charge on any atom is -0.393 e. The van der Waals surface area contributed by atoms with Gasteiger partial charge in [0.2, 0.25) is 0 Å². The summed E-state index contributed by atoms with van der Waals surface area (Å²) in [6.45, 7) is 22.3. The molecule has 0 aromatic carbocycles. The zero-order valence-electron chi connectivity index (χ0n) is 21.7. The fourth-order valence-electron chi connectivity index (χ4n) is 11.5. The molecule has 5 aliphatic carbocycles. The van der Waals surface area contributed by atoms with Crippen molar-refractivity contribution in [3.05, 3.63) is 12.2 Å². The molecule has 5 saturated carbocycles. The molecule has 0 spiro atoms. The molecule has 1 heteroatoms. The first kappa shape index (κ1) is 22.5. The van der Waals surface area contributed by atoms with E-state index >= 15 is 0 Å². The minimum absolute atomic E-state index is 0.0632. The van der Waals surface area contributed by atoms with Crippen molar-refractivity contribution in [2.24, 2.45) is 56.7 Å². The van der Waals surface area contributed by atoms with E-state index in [4.69, 9.17) is 0 Å². The molecule has 0 amide bonds. The minimum atomic E-state index is -0.118. The van der Waals surface area contributed by atoms with Gasteiger partial charge in [0.1, 0.15) is 0 Å². The van der Waals surface area contributed by atoms with Crippen LogP contribution in [-0.4, -0.2) is 11.2 Å². The van der Waals surface area contributed by atoms with Crippen LogP contribution in [0.25, 0.3) is 0 Å². The van der Waals surface area contributed by atoms with Gasteiger partial charge < -0.3 is 5.11 Å². The summed E-state index contributed by atoms with van der Waals surface area (Å²) >= 11 is 0. The van der Waals surface area contributed by atoms with Gasteiger partial charge in [0, 0.05) is 0 Å². The van der Waals surface area contributed by atoms with Crippen LogP contribution in [0, 0.1) is 56.7 Å². The summed E-state index contributed by atoms with van der Waals surface area (Å²) in [7, 11) is 0. The second kappa shape index (κ2) is 6.64. The maximum atomic E-state index is 10.9. The SMILES string of the molecule is C=C(C)[C@@H]1CC[C@]2(C)CC[C@]3(C)[C@@H](CC[C@H]4[C@]5(C)CC[C@H](O)C(C)(C)[C@@H]5CC[C@]43C)[C@@H]12. The molecular formula is C30H50O. The van der Waals surface area contributed by atoms with Crippen molar-refractivity contribution >= 4 is 0 Å². The lowest BCUT2D eigenvalue weighted by Crippen LogP contribution is -2.66. The van der Waals surface area contributed by atoms with Gasteiger partial charge in [-0.1, -0.05) is 53.7 Å². The van der Waals surface area contributed by atoms with Crippen molar-refractivity contribution in [3.8, 4) is 0 Å². The molecular weight excluding hydrogens is 376 g/mol. The normalized spacial score (nSPS) is 57.9. The van der Waals surface area contributed by atoms with Gasteiger partial charge in [0.15, 0.2) is 0 Å². The number of hydrogen-bond donors (Lipinski definition) is 1. The van der Waals surface area contributed by atoms with E-state index in [2.05, 4.69) is 55.0 Å². The van der Waals surface area contributed by atoms with E-state index < -0.39 is 0 Å². The van der Waals surface area contributed by atoms with Crippen LogP contribution in [-0.2, 0) is 0 Å². The average Bonchev–Trinajstić information content (AvgIpc) is 3.04. The lowest BCUT2D eigenvalue weighted by molar-refractivity contribution is -0.246. The van der Waals surface area contributed by atoms with Gasteiger partial charge in [-0.05, 0) is 128 Å². The predicted octanol–water partition coefficient (Wildman–Crippen LogP) is 8.02. The van der Waals surface area contributed by atoms with Crippen LogP contribution in [0.2, 0.25) is 0 Å². The molecule has 1 nitrogen and oxygen atoms in total. The Morgan fingerprint density at radius 3 is 2.13 bits per heavy atom. The van der Waals surface area contributed by atoms with Crippen molar-refractivity contribution in [2.75, 3.05) is 0 Å². The highest BCUT2D eigenvalue weighted by Crippen LogP contribution is 2.77. The van der Waals surface area contributed by atoms with Crippen LogP contribution in [0.1, 0.15) is 113 Å². The highest BCUT2D eigenvalue weighted by Gasteiger charge is 2.70. The first-order valence-electron chi connectivity index (χ1n) is 13.6. The summed E-state index contributed by atoms with van der Waals surface area (Å²) in [6, 6.07) is 0. The van der Waals surface area contributed by atoms with Crippen molar-refractivity contribution in [3.63, 3.8) is 0 Å². The maximum Gasteiger partial charge on any atom is 0.0594 e. The van der Waals surface area contributed by atoms with Crippen LogP contribution in [0.5, 0.6) is 0 Å². The van der Waals surface area contributed by atoms with E-state index in [0.717, 1.165) is 30.1 Å². The quantitative estimate of drug-likeness (QED) is 0.421. The van der Waals surface area contributed by atoms with Crippen LogP contribution in [0.4, 0.5) is 0 Å². The first-order valence-corrected chi connectivity index (χ1v) is 13.6. The Morgan fingerprint density at radius 1 is 0.742 bits per heavy atom. The topological polar surface area (TPSA) is 20.2 Å². The van der Waals surface area contributed by atoms with Gasteiger partial charge in [0.05, 0.1) is 6.10 Å². The second-order valence-electron chi connectivity index (χ2n) is 14.7. The second-order valence-corrected chi connectivity index (χ2v) is 14.7. The fraction of sp³-hybridized carbons (Fsp3) is 0.933. The largest absolute Gasteiger partial charge is 0.393 e. The fourth-order valence-corrected chi connectivity index (χ4v) is 11.5. The molecule has 1 N–H and O–H groups in total. The Hall–Kier alpha value is -0.300. The van der Waals surface area contributed by atoms with E-state index in [1.165, 1.54) is 63.4 Å². The van der Waals surface area contributed by atoms with E-state index in [-0.39, 0.29) is 11.5 Å². The summed E-state index contributed by atoms with van der Waals surface area (Å²) in [5.74, 6) is 3.98. The highest BCUT2D eigenvalue weighted by molar-refractivity contribution is 5.21. The molecule has 0 heterocycles. The molecule has 0 aliphatic heterocycles. The third-order valence-electron chi connectivity index (χ3n) is 13.5. The first-order chi connectivity index (χ1) is 14.3. The zero-order valence-corrected chi connectivity index (χ0v) is 21.7. The molecule has 5 fully saturated rings. The molecule has 0 unspecified atom stereocenters. The highest BCUT2D eigenvalue weighted by atomic mass is 16.3. The standard InChI is InChI=1S/C30H50O/c1-19(2)20-11-14-27(5)17-18-29(7)21(25(20)27)9-10-23-28(6)15-13-24(31)26(3,4)22(28)12-16-30(23,29)8/h20-25,31H,1,9-18H2,2-8H3/t20-,21-,22-,23-,24-,25+,27+,28+,29+,30+/m0/s1. The van der Waals surface area contributed by atoms with Crippen molar-refractivity contribution in [1.29, 1.82) is 0 Å². The molecule has 0 aromatic rings. The van der Waals surface area contributed by atoms with Gasteiger partial charge in [0.25, 0.3) is 0 Å². The molecule has 0 bridgehead atoms. The Morgan fingerprint density at radius 2 is 1.45 bits per heavy atom. The number of hydrogen-bond acceptors (Lipinski definition) is 1. The summed E-state index contributed by atoms with van der Waals surface area (Å²) in [4.78, 5) is 0. The van der Waals surface area contributed by atoms with Gasteiger partial charge in [-0.25, -0.2) is 0 Å². The van der Waals surface area contributed by atoms with Crippen molar-refractivity contribution < 1.29 is 5.11 Å². The van der Waals surface area contributed by atoms with Crippen LogP contribution < -0.4 is 0 Å². The maximum absolute atomic E-state index is 10.9. The molecule has 0 radical (unpaired) electrons. The monoisotopic (exact) mass is 426 g/mol. The smallest absolute Gasteiger partial charge is 0.0594 e. The summed E-state index contributed by atoms with van der Waals surface area (Å²) in [6.07, 6.45) is 13.4. The number of aliphatic hydroxyl groups is 1. The lowest BCUT2D eigenvalue weighted by atomic mass is 9.32. The van der Waals surface area contributed by atoms with Gasteiger partial charge >= 0.3 is 0 Å². The summed E-state index contributed by atoms with van der Waals surface area (Å²) < 4.78 is 0. The van der Waals surface area contributed by atoms with E-state index in [1.54, 1.807) is 0 Å². The van der Waals surface area contributed by atoms with E-state index in [9.17, 15) is 5.11 Å². The molecule has 176 valence electrons. The summed E-state index contributed by atoms with van der Waals surface area (Å²) in [5, 5.41) is 10.9. The molecule has 0 aromatic heterocycles. The van der Waals surface area contributed by atoms with E-state index in [0.29, 0.717) is 27.6 Å². The number of fused-ring (bicyclic) bond motifs is 7. The lowest BCUT2D eigenvalue weighted by Gasteiger charge is -2.73. The molecule has 5 rings (SSSR count). The molecule has 5 aliphatic rings. The zero-order chi connectivity index (χ0) is 22.6. The van der Waals surface area contributed by atoms with Crippen LogP contribution >= 0.6 is 0 Å². The number of allylic oxidation sites excluding steroid dienone is 1. The van der Waals surface area contributed by atoms with Crippen LogP contribution in [0.3, 0.4) is 0 Å². The van der Waals surface area contributed by atoms with E-state index in [1.807, 2.05) is 0 Å². The van der Waals surface area contributed by atoms with Crippen LogP contribution in [0.15, 0.2) is 12.2 Å². The third-order valence-corrected chi connectivity index (χ3v) is 13.5. The Balaban J connectivity index is 1.54. The number of rotatable bonds is 1. The van der Waals surface area contributed by atoms with Gasteiger partial charge in [-0.2, -0.15) is 0 Å². The van der Waals surface area contributed by atoms with Gasteiger partial charge in [-0.15, -0.1) is 0 Å². The van der Waals surface area contributed by atoms with Crippen molar-refractivity contribution in [2.45, 2.75) is 119 Å². The predicted molar refractivity (Wildman–Crippen MR) is 131 cm³/mol. The Labute approximate surface area is 192 Å². The molecule has 0 saturated heterocycles. The van der Waals surface area contributed by atoms with Crippen molar-refractivity contribution in [1.82, 2.24) is 0 Å².